The van der Waals surface area contributed by atoms with Crippen LogP contribution in [0.5, 0.6) is 0 Å². The number of aromatic nitrogens is 4. The molecule has 1 saturated carbocycles. The van der Waals surface area contributed by atoms with Crippen molar-refractivity contribution in [3.05, 3.63) is 72.3 Å². The molecule has 8 heteroatoms. The van der Waals surface area contributed by atoms with Crippen LogP contribution < -0.4 is 10.2 Å². The van der Waals surface area contributed by atoms with Gasteiger partial charge in [-0.3, -0.25) is 14.5 Å². The highest BCUT2D eigenvalue weighted by atomic mass is 16.2. The van der Waals surface area contributed by atoms with E-state index in [2.05, 4.69) is 46.0 Å². The average Bonchev–Trinajstić information content (AvgIpc) is 3.38. The number of nitrogens with zero attached hydrogens (tertiary/aromatic N) is 4. The molecule has 1 atom stereocenters. The summed E-state index contributed by atoms with van der Waals surface area (Å²) in [6.07, 6.45) is 12.8. The molecule has 2 amide bonds. The van der Waals surface area contributed by atoms with E-state index in [1.54, 1.807) is 12.4 Å². The molecule has 4 rings (SSSR count). The molecule has 2 N–H and O–H groups in total. The lowest BCUT2D eigenvalue weighted by Gasteiger charge is -2.33. The van der Waals surface area contributed by atoms with Gasteiger partial charge in [-0.1, -0.05) is 52.2 Å². The van der Waals surface area contributed by atoms with Crippen LogP contribution in [0.1, 0.15) is 80.5 Å². The third kappa shape index (κ3) is 5.32. The van der Waals surface area contributed by atoms with Gasteiger partial charge in [-0.05, 0) is 36.0 Å². The number of rotatable bonds is 6. The minimum absolute atomic E-state index is 0.0399. The molecule has 2 aromatic heterocycles. The fraction of sp³-hybridized carbons (Fsp3) is 0.423. The minimum atomic E-state index is -0.931. The molecule has 34 heavy (non-hydrogen) atoms. The van der Waals surface area contributed by atoms with Gasteiger partial charge < -0.3 is 10.3 Å². The Labute approximate surface area is 200 Å². The van der Waals surface area contributed by atoms with Gasteiger partial charge in [0, 0.05) is 29.7 Å². The van der Waals surface area contributed by atoms with Gasteiger partial charge in [0.2, 0.25) is 5.91 Å². The summed E-state index contributed by atoms with van der Waals surface area (Å²) in [6, 6.07) is 6.94. The Bertz CT molecular complexity index is 1080. The van der Waals surface area contributed by atoms with Crippen molar-refractivity contribution in [2.45, 2.75) is 70.4 Å². The zero-order chi connectivity index (χ0) is 24.1. The van der Waals surface area contributed by atoms with E-state index in [-0.39, 0.29) is 23.3 Å². The average molecular weight is 461 g/mol. The van der Waals surface area contributed by atoms with E-state index >= 15 is 0 Å². The summed E-state index contributed by atoms with van der Waals surface area (Å²) in [5.41, 5.74) is 2.55. The Balaban J connectivity index is 1.77. The largest absolute Gasteiger partial charge is 0.351 e. The van der Waals surface area contributed by atoms with Crippen LogP contribution in [0.3, 0.4) is 0 Å². The number of hydrogen-bond acceptors (Lipinski definition) is 5. The molecule has 0 aliphatic heterocycles. The first-order valence-electron chi connectivity index (χ1n) is 11.8. The smallest absolute Gasteiger partial charge is 0.277 e. The summed E-state index contributed by atoms with van der Waals surface area (Å²) in [6.45, 7) is 6.41. The predicted molar refractivity (Wildman–Crippen MR) is 130 cm³/mol. The van der Waals surface area contributed by atoms with Crippen molar-refractivity contribution in [2.24, 2.45) is 0 Å². The monoisotopic (exact) mass is 460 g/mol. The summed E-state index contributed by atoms with van der Waals surface area (Å²) >= 11 is 0. The lowest BCUT2D eigenvalue weighted by molar-refractivity contribution is -0.123. The van der Waals surface area contributed by atoms with Crippen LogP contribution in [0.15, 0.2) is 55.5 Å². The second-order valence-electron chi connectivity index (χ2n) is 9.86. The topological polar surface area (TPSA) is 104 Å². The maximum atomic E-state index is 13.7. The quantitative estimate of drug-likeness (QED) is 0.570. The van der Waals surface area contributed by atoms with Gasteiger partial charge in [0.1, 0.15) is 18.1 Å². The maximum Gasteiger partial charge on any atom is 0.277 e. The Morgan fingerprint density at radius 1 is 1.00 bits per heavy atom. The molecular formula is C26H32N6O2. The third-order valence-electron chi connectivity index (χ3n) is 6.31. The number of hydrogen-bond donors (Lipinski definition) is 2. The summed E-state index contributed by atoms with van der Waals surface area (Å²) < 4.78 is 0. The Morgan fingerprint density at radius 2 is 1.68 bits per heavy atom. The van der Waals surface area contributed by atoms with Crippen LogP contribution >= 0.6 is 0 Å². The van der Waals surface area contributed by atoms with E-state index in [0.717, 1.165) is 31.2 Å². The molecule has 0 spiro atoms. The molecule has 1 aromatic carbocycles. The molecule has 1 aliphatic rings. The van der Waals surface area contributed by atoms with Gasteiger partial charge in [-0.15, -0.1) is 0 Å². The number of benzene rings is 1. The van der Waals surface area contributed by atoms with E-state index in [9.17, 15) is 9.59 Å². The van der Waals surface area contributed by atoms with Crippen molar-refractivity contribution < 1.29 is 9.59 Å². The van der Waals surface area contributed by atoms with E-state index in [0.29, 0.717) is 16.9 Å². The number of H-pyrrole nitrogens is 1. The van der Waals surface area contributed by atoms with Crippen molar-refractivity contribution in [1.82, 2.24) is 25.3 Å². The first-order valence-corrected chi connectivity index (χ1v) is 11.8. The van der Waals surface area contributed by atoms with Gasteiger partial charge >= 0.3 is 0 Å². The van der Waals surface area contributed by atoms with Crippen molar-refractivity contribution in [1.29, 1.82) is 0 Å². The maximum absolute atomic E-state index is 13.7. The van der Waals surface area contributed by atoms with Gasteiger partial charge in [0.25, 0.3) is 5.91 Å². The Hall–Kier alpha value is -3.55. The van der Waals surface area contributed by atoms with Crippen LogP contribution in [-0.2, 0) is 10.2 Å². The second-order valence-corrected chi connectivity index (χ2v) is 9.86. The minimum Gasteiger partial charge on any atom is -0.351 e. The molecule has 0 bridgehead atoms. The molecule has 0 radical (unpaired) electrons. The number of carbonyl (C=O) groups excluding carboxylic acids is 2. The predicted octanol–water partition coefficient (Wildman–Crippen LogP) is 4.33. The lowest BCUT2D eigenvalue weighted by Crippen LogP contribution is -2.47. The van der Waals surface area contributed by atoms with Gasteiger partial charge in [-0.2, -0.15) is 0 Å². The van der Waals surface area contributed by atoms with Crippen molar-refractivity contribution in [2.75, 3.05) is 4.90 Å². The highest BCUT2D eigenvalue weighted by molar-refractivity contribution is 6.09. The third-order valence-corrected chi connectivity index (χ3v) is 6.31. The lowest BCUT2D eigenvalue weighted by atomic mass is 9.87. The van der Waals surface area contributed by atoms with Crippen molar-refractivity contribution in [3.8, 4) is 0 Å². The molecule has 0 saturated heterocycles. The van der Waals surface area contributed by atoms with Gasteiger partial charge in [0.05, 0.1) is 12.5 Å². The first-order chi connectivity index (χ1) is 16.3. The van der Waals surface area contributed by atoms with E-state index < -0.39 is 6.04 Å². The molecule has 178 valence electrons. The van der Waals surface area contributed by atoms with Crippen LogP contribution in [0.4, 0.5) is 5.69 Å². The molecule has 1 unspecified atom stereocenters. The van der Waals surface area contributed by atoms with Gasteiger partial charge in [-0.25, -0.2) is 15.0 Å². The van der Waals surface area contributed by atoms with E-state index in [1.165, 1.54) is 30.2 Å². The van der Waals surface area contributed by atoms with Crippen LogP contribution in [0.2, 0.25) is 0 Å². The summed E-state index contributed by atoms with van der Waals surface area (Å²) in [5, 5.41) is 3.19. The Kier molecular flexibility index (Phi) is 7.05. The summed E-state index contributed by atoms with van der Waals surface area (Å²) in [4.78, 5) is 44.1. The normalized spacial score (nSPS) is 15.5. The molecule has 2 heterocycles. The highest BCUT2D eigenvalue weighted by Gasteiger charge is 2.35. The number of aromatic amines is 1. The number of carbonyl (C=O) groups is 2. The molecule has 1 fully saturated rings. The zero-order valence-electron chi connectivity index (χ0n) is 20.0. The standard InChI is InChI=1S/C26H32N6O2/c1-26(2,3)19-9-11-21(12-10-19)32(25(34)22-15-29-17-30-22)23(18-13-27-16-28-14-18)24(33)31-20-7-5-4-6-8-20/h9-17,20,23H,4-8H2,1-3H3,(H,29,30)(H,31,33). The molecule has 3 aromatic rings. The SMILES string of the molecule is CC(C)(C)c1ccc(N(C(=O)c2cnc[nH]2)C(C(=O)NC2CCCCC2)c2cncnc2)cc1. The number of amides is 2. The van der Waals surface area contributed by atoms with Crippen LogP contribution in [0.25, 0.3) is 0 Å². The van der Waals surface area contributed by atoms with Crippen molar-refractivity contribution >= 4 is 17.5 Å². The van der Waals surface area contributed by atoms with Crippen LogP contribution in [-0.4, -0.2) is 37.8 Å². The van der Waals surface area contributed by atoms with Crippen LogP contribution in [0, 0.1) is 0 Å². The molecular weight excluding hydrogens is 428 g/mol. The number of imidazole rings is 1. The highest BCUT2D eigenvalue weighted by Crippen LogP contribution is 2.32. The fourth-order valence-electron chi connectivity index (χ4n) is 4.40. The van der Waals surface area contributed by atoms with E-state index in [4.69, 9.17) is 0 Å². The molecule has 8 nitrogen and oxygen atoms in total. The second kappa shape index (κ2) is 10.2. The summed E-state index contributed by atoms with van der Waals surface area (Å²) in [5.74, 6) is -0.594. The van der Waals surface area contributed by atoms with Crippen molar-refractivity contribution in [3.63, 3.8) is 0 Å². The summed E-state index contributed by atoms with van der Waals surface area (Å²) in [7, 11) is 0. The van der Waals surface area contributed by atoms with E-state index in [1.807, 2.05) is 24.3 Å². The fourth-order valence-corrected chi connectivity index (χ4v) is 4.40. The number of nitrogens with one attached hydrogen (secondary N) is 2. The van der Waals surface area contributed by atoms with Gasteiger partial charge in [0.15, 0.2) is 0 Å². The first kappa shape index (κ1) is 23.6. The zero-order valence-corrected chi connectivity index (χ0v) is 20.0. The molecule has 1 aliphatic carbocycles. The number of anilines is 1. The Morgan fingerprint density at radius 3 is 2.26 bits per heavy atom.